The Morgan fingerprint density at radius 1 is 0.333 bits per heavy atom. The van der Waals surface area contributed by atoms with Crippen LogP contribution in [0.3, 0.4) is 0 Å². The third kappa shape index (κ3) is 5.66. The summed E-state index contributed by atoms with van der Waals surface area (Å²) in [6.07, 6.45) is 0. The Bertz CT molecular complexity index is 3830. The van der Waals surface area contributed by atoms with Crippen LogP contribution >= 0.6 is 11.3 Å². The van der Waals surface area contributed by atoms with Gasteiger partial charge in [0, 0.05) is 59.4 Å². The van der Waals surface area contributed by atoms with E-state index >= 15 is 0 Å². The maximum atomic E-state index is 5.19. The van der Waals surface area contributed by atoms with E-state index in [9.17, 15) is 0 Å². The van der Waals surface area contributed by atoms with Gasteiger partial charge in [0.15, 0.2) is 17.5 Å². The zero-order chi connectivity index (χ0) is 41.4. The molecular formula is C57H35N5S. The van der Waals surface area contributed by atoms with Gasteiger partial charge in [-0.1, -0.05) is 170 Å². The van der Waals surface area contributed by atoms with E-state index in [2.05, 4.69) is 197 Å². The first-order valence-corrected chi connectivity index (χ1v) is 22.0. The SMILES string of the molecule is c1ccc(-c2ccc(-c3nc(-c4ccccc4)nc(-c4ccc5c6ccc7c(sc8cccc(-n9c%10ccccc%10c%10ccccc%109)c87)c6n(-c6ccccc6)c5c4)n3)cc2)cc1. The zero-order valence-electron chi connectivity index (χ0n) is 33.9. The summed E-state index contributed by atoms with van der Waals surface area (Å²) in [5.74, 6) is 1.89. The highest BCUT2D eigenvalue weighted by Gasteiger charge is 2.22. The summed E-state index contributed by atoms with van der Waals surface area (Å²) >= 11 is 1.87. The Kier molecular flexibility index (Phi) is 8.01. The number of hydrogen-bond donors (Lipinski definition) is 0. The molecule has 0 bridgehead atoms. The lowest BCUT2D eigenvalue weighted by molar-refractivity contribution is 1.07. The van der Waals surface area contributed by atoms with E-state index in [1.165, 1.54) is 69.5 Å². The fraction of sp³-hybridized carbons (Fsp3) is 0. The molecule has 0 saturated heterocycles. The maximum absolute atomic E-state index is 5.19. The highest BCUT2D eigenvalue weighted by molar-refractivity contribution is 7.26. The highest BCUT2D eigenvalue weighted by Crippen LogP contribution is 2.46. The van der Waals surface area contributed by atoms with Crippen LogP contribution in [0, 0.1) is 0 Å². The molecule has 0 spiro atoms. The van der Waals surface area contributed by atoms with E-state index in [0.717, 1.165) is 33.5 Å². The maximum Gasteiger partial charge on any atom is 0.164 e. The molecule has 0 atom stereocenters. The van der Waals surface area contributed by atoms with Gasteiger partial charge in [0.25, 0.3) is 0 Å². The standard InChI is InChI=1S/C57H35N5S/c1-4-15-36(16-5-1)37-27-29-39(30-28-37)56-58-55(38-17-6-2-7-18-38)59-57(60-56)40-31-32-44-45-33-34-46-52-49(62-47-23-12-10-21-42(47)43-22-11-13-24-48(43)62)25-14-26-51(52)63-54(46)53(45)61(50(44)35-40)41-19-8-3-9-20-41/h1-35H. The third-order valence-corrected chi connectivity index (χ3v) is 13.6. The number of para-hydroxylation sites is 3. The fourth-order valence-electron chi connectivity index (χ4n) is 9.51. The Morgan fingerprint density at radius 3 is 1.51 bits per heavy atom. The lowest BCUT2D eigenvalue weighted by Gasteiger charge is -2.11. The molecule has 0 amide bonds. The Hall–Kier alpha value is -8.19. The molecule has 13 rings (SSSR count). The summed E-state index contributed by atoms with van der Waals surface area (Å²) in [7, 11) is 0. The van der Waals surface area contributed by atoms with Crippen molar-refractivity contribution in [1.82, 2.24) is 24.1 Å². The molecule has 4 aromatic heterocycles. The Morgan fingerprint density at radius 2 is 0.825 bits per heavy atom. The average molecular weight is 822 g/mol. The normalized spacial score (nSPS) is 11.8. The lowest BCUT2D eigenvalue weighted by atomic mass is 10.0. The van der Waals surface area contributed by atoms with Crippen molar-refractivity contribution in [2.24, 2.45) is 0 Å². The van der Waals surface area contributed by atoms with E-state index in [4.69, 9.17) is 15.0 Å². The molecule has 0 fully saturated rings. The predicted octanol–water partition coefficient (Wildman–Crippen LogP) is 15.1. The molecule has 0 aliphatic heterocycles. The third-order valence-electron chi connectivity index (χ3n) is 12.4. The quantitative estimate of drug-likeness (QED) is 0.168. The van der Waals surface area contributed by atoms with E-state index in [0.29, 0.717) is 17.5 Å². The monoisotopic (exact) mass is 821 g/mol. The second-order valence-electron chi connectivity index (χ2n) is 16.0. The Balaban J connectivity index is 1.04. The topological polar surface area (TPSA) is 48.5 Å². The van der Waals surface area contributed by atoms with Gasteiger partial charge in [-0.2, -0.15) is 0 Å². The minimum absolute atomic E-state index is 0.626. The molecule has 294 valence electrons. The van der Waals surface area contributed by atoms with Gasteiger partial charge in [0.05, 0.1) is 32.5 Å². The van der Waals surface area contributed by atoms with Crippen LogP contribution in [0.2, 0.25) is 0 Å². The molecule has 0 aliphatic rings. The van der Waals surface area contributed by atoms with Gasteiger partial charge in [-0.25, -0.2) is 15.0 Å². The van der Waals surface area contributed by atoms with Crippen LogP contribution < -0.4 is 0 Å². The van der Waals surface area contributed by atoms with Crippen LogP contribution in [0.5, 0.6) is 0 Å². The van der Waals surface area contributed by atoms with Gasteiger partial charge in [0.2, 0.25) is 0 Å². The summed E-state index contributed by atoms with van der Waals surface area (Å²) in [5.41, 5.74) is 12.1. The van der Waals surface area contributed by atoms with Gasteiger partial charge >= 0.3 is 0 Å². The summed E-state index contributed by atoms with van der Waals surface area (Å²) in [5, 5.41) is 7.40. The molecule has 5 nitrogen and oxygen atoms in total. The minimum Gasteiger partial charge on any atom is -0.309 e. The van der Waals surface area contributed by atoms with Crippen LogP contribution in [0.15, 0.2) is 212 Å². The van der Waals surface area contributed by atoms with Crippen LogP contribution in [-0.4, -0.2) is 24.1 Å². The van der Waals surface area contributed by atoms with Gasteiger partial charge in [-0.3, -0.25) is 0 Å². The van der Waals surface area contributed by atoms with Crippen molar-refractivity contribution >= 4 is 75.1 Å². The van der Waals surface area contributed by atoms with Gasteiger partial charge in [-0.15, -0.1) is 11.3 Å². The smallest absolute Gasteiger partial charge is 0.164 e. The van der Waals surface area contributed by atoms with Crippen molar-refractivity contribution in [2.75, 3.05) is 0 Å². The van der Waals surface area contributed by atoms with Crippen molar-refractivity contribution < 1.29 is 0 Å². The van der Waals surface area contributed by atoms with E-state index in [1.54, 1.807) is 0 Å². The summed E-state index contributed by atoms with van der Waals surface area (Å²) in [6.45, 7) is 0. The minimum atomic E-state index is 0.626. The molecule has 63 heavy (non-hydrogen) atoms. The van der Waals surface area contributed by atoms with Crippen molar-refractivity contribution in [3.63, 3.8) is 0 Å². The van der Waals surface area contributed by atoms with Crippen molar-refractivity contribution in [3.05, 3.63) is 212 Å². The van der Waals surface area contributed by atoms with Crippen molar-refractivity contribution in [2.45, 2.75) is 0 Å². The van der Waals surface area contributed by atoms with Gasteiger partial charge in [-0.05, 0) is 53.6 Å². The number of hydrogen-bond acceptors (Lipinski definition) is 4. The zero-order valence-corrected chi connectivity index (χ0v) is 34.7. The van der Waals surface area contributed by atoms with E-state index in [1.807, 2.05) is 35.6 Å². The molecule has 0 saturated carbocycles. The van der Waals surface area contributed by atoms with Crippen LogP contribution in [0.4, 0.5) is 0 Å². The summed E-state index contributed by atoms with van der Waals surface area (Å²) in [6, 6.07) is 75.4. The number of nitrogens with zero attached hydrogens (tertiary/aromatic N) is 5. The molecule has 0 aliphatic carbocycles. The summed E-state index contributed by atoms with van der Waals surface area (Å²) < 4.78 is 7.40. The van der Waals surface area contributed by atoms with Crippen molar-refractivity contribution in [1.29, 1.82) is 0 Å². The second kappa shape index (κ2) is 14.2. The molecule has 0 radical (unpaired) electrons. The highest BCUT2D eigenvalue weighted by atomic mass is 32.1. The number of benzene rings is 9. The molecule has 0 N–H and O–H groups in total. The first-order chi connectivity index (χ1) is 31.2. The molecule has 4 heterocycles. The van der Waals surface area contributed by atoms with E-state index < -0.39 is 0 Å². The number of fused-ring (bicyclic) bond motifs is 10. The van der Waals surface area contributed by atoms with Crippen LogP contribution in [0.25, 0.3) is 120 Å². The molecule has 9 aromatic carbocycles. The number of aromatic nitrogens is 5. The van der Waals surface area contributed by atoms with Gasteiger partial charge < -0.3 is 9.13 Å². The molecule has 6 heteroatoms. The fourth-order valence-corrected chi connectivity index (χ4v) is 10.8. The van der Waals surface area contributed by atoms with Crippen molar-refractivity contribution in [3.8, 4) is 56.7 Å². The Labute approximate surface area is 366 Å². The molecular weight excluding hydrogens is 787 g/mol. The van der Waals surface area contributed by atoms with Crippen LogP contribution in [0.1, 0.15) is 0 Å². The average Bonchev–Trinajstić information content (AvgIpc) is 4.02. The number of rotatable bonds is 6. The molecule has 0 unspecified atom stereocenters. The molecule has 13 aromatic rings. The van der Waals surface area contributed by atoms with E-state index in [-0.39, 0.29) is 0 Å². The summed E-state index contributed by atoms with van der Waals surface area (Å²) in [4.78, 5) is 15.4. The van der Waals surface area contributed by atoms with Crippen LogP contribution in [-0.2, 0) is 0 Å². The first-order valence-electron chi connectivity index (χ1n) is 21.2. The van der Waals surface area contributed by atoms with Gasteiger partial charge in [0.1, 0.15) is 0 Å². The predicted molar refractivity (Wildman–Crippen MR) is 263 cm³/mol. The largest absolute Gasteiger partial charge is 0.309 e. The first kappa shape index (κ1) is 35.6. The second-order valence-corrected chi connectivity index (χ2v) is 17.0. The lowest BCUT2D eigenvalue weighted by Crippen LogP contribution is -2.00. The number of thiophene rings is 1.